The van der Waals surface area contributed by atoms with E-state index in [4.69, 9.17) is 9.47 Å². The molecule has 1 aromatic heterocycles. The third kappa shape index (κ3) is 5.28. The van der Waals surface area contributed by atoms with E-state index in [0.717, 1.165) is 19.6 Å². The molecule has 0 saturated carbocycles. The lowest BCUT2D eigenvalue weighted by atomic mass is 10.2. The summed E-state index contributed by atoms with van der Waals surface area (Å²) >= 11 is 0. The van der Waals surface area contributed by atoms with Crippen LogP contribution in [0.3, 0.4) is 0 Å². The highest BCUT2D eigenvalue weighted by Crippen LogP contribution is 2.20. The van der Waals surface area contributed by atoms with Gasteiger partial charge in [0.15, 0.2) is 0 Å². The van der Waals surface area contributed by atoms with Gasteiger partial charge in [0, 0.05) is 37.9 Å². The van der Waals surface area contributed by atoms with E-state index in [1.807, 2.05) is 12.1 Å². The molecule has 6 heteroatoms. The number of hydrogen-bond donors (Lipinski definition) is 1. The molecule has 1 N–H and O–H groups in total. The molecule has 2 atom stereocenters. The molecule has 1 fully saturated rings. The monoisotopic (exact) mass is 355 g/mol. The minimum Gasteiger partial charge on any atom is -0.456 e. The van der Waals surface area contributed by atoms with Crippen LogP contribution in [0.2, 0.25) is 0 Å². The molecular formula is C20H25N3O3. The summed E-state index contributed by atoms with van der Waals surface area (Å²) in [6.45, 7) is 7.41. The second-order valence-corrected chi connectivity index (χ2v) is 6.59. The summed E-state index contributed by atoms with van der Waals surface area (Å²) in [5.74, 6) is 1.26. The highest BCUT2D eigenvalue weighted by atomic mass is 16.5. The van der Waals surface area contributed by atoms with Crippen molar-refractivity contribution in [2.45, 2.75) is 26.1 Å². The number of aromatic nitrogens is 1. The second-order valence-electron chi connectivity index (χ2n) is 6.59. The molecule has 1 aliphatic heterocycles. The summed E-state index contributed by atoms with van der Waals surface area (Å²) in [5.41, 5.74) is 0.618. The van der Waals surface area contributed by atoms with Crippen LogP contribution in [0, 0.1) is 0 Å². The van der Waals surface area contributed by atoms with Crippen LogP contribution in [0.5, 0.6) is 11.5 Å². The molecule has 26 heavy (non-hydrogen) atoms. The molecule has 2 aromatic rings. The number of carbonyl (C=O) groups is 1. The van der Waals surface area contributed by atoms with E-state index in [9.17, 15) is 4.79 Å². The fraction of sp³-hybridized carbons (Fsp3) is 0.400. The van der Waals surface area contributed by atoms with Gasteiger partial charge in [-0.05, 0) is 50.2 Å². The molecule has 138 valence electrons. The maximum absolute atomic E-state index is 12.3. The highest BCUT2D eigenvalue weighted by Gasteiger charge is 2.21. The third-order valence-corrected chi connectivity index (χ3v) is 4.20. The number of ether oxygens (including phenoxy) is 2. The maximum atomic E-state index is 12.3. The van der Waals surface area contributed by atoms with Gasteiger partial charge in [0.25, 0.3) is 5.91 Å². The summed E-state index contributed by atoms with van der Waals surface area (Å²) in [5, 5.41) is 2.97. The summed E-state index contributed by atoms with van der Waals surface area (Å²) in [4.78, 5) is 18.6. The Hall–Kier alpha value is -2.44. The van der Waals surface area contributed by atoms with Gasteiger partial charge >= 0.3 is 0 Å². The van der Waals surface area contributed by atoms with Crippen molar-refractivity contribution < 1.29 is 14.3 Å². The average molecular weight is 355 g/mol. The van der Waals surface area contributed by atoms with Crippen molar-refractivity contribution in [2.24, 2.45) is 0 Å². The normalized spacial score (nSPS) is 20.5. The van der Waals surface area contributed by atoms with Crippen LogP contribution in [0.25, 0.3) is 0 Å². The fourth-order valence-electron chi connectivity index (χ4n) is 3.11. The number of benzene rings is 1. The van der Waals surface area contributed by atoms with E-state index >= 15 is 0 Å². The number of carbonyl (C=O) groups excluding carboxylic acids is 1. The number of morpholine rings is 1. The zero-order valence-electron chi connectivity index (χ0n) is 15.2. The number of nitrogens with zero attached hydrogens (tertiary/aromatic N) is 2. The fourth-order valence-corrected chi connectivity index (χ4v) is 3.11. The first-order chi connectivity index (χ1) is 12.6. The molecule has 0 aliphatic carbocycles. The molecule has 2 unspecified atom stereocenters. The topological polar surface area (TPSA) is 63.7 Å². The minimum absolute atomic E-state index is 0.0766. The van der Waals surface area contributed by atoms with Crippen LogP contribution >= 0.6 is 0 Å². The zero-order chi connectivity index (χ0) is 18.4. The molecule has 0 bridgehead atoms. The van der Waals surface area contributed by atoms with E-state index in [1.165, 1.54) is 0 Å². The number of hydrogen-bond acceptors (Lipinski definition) is 5. The second kappa shape index (κ2) is 8.78. The highest BCUT2D eigenvalue weighted by molar-refractivity contribution is 5.94. The number of rotatable bonds is 6. The van der Waals surface area contributed by atoms with Crippen molar-refractivity contribution in [2.75, 3.05) is 26.2 Å². The largest absolute Gasteiger partial charge is 0.456 e. The molecule has 0 spiro atoms. The van der Waals surface area contributed by atoms with E-state index in [1.54, 1.807) is 36.7 Å². The Bertz CT molecular complexity index is 696. The first kappa shape index (κ1) is 18.4. The minimum atomic E-state index is -0.0766. The van der Waals surface area contributed by atoms with Crippen LogP contribution in [0.4, 0.5) is 0 Å². The molecule has 0 radical (unpaired) electrons. The van der Waals surface area contributed by atoms with Gasteiger partial charge in [0.05, 0.1) is 18.4 Å². The Balaban J connectivity index is 1.46. The molecule has 2 heterocycles. The Morgan fingerprint density at radius 2 is 1.92 bits per heavy atom. The molecule has 6 nitrogen and oxygen atoms in total. The van der Waals surface area contributed by atoms with Gasteiger partial charge in [-0.3, -0.25) is 14.7 Å². The molecule has 1 aliphatic rings. The zero-order valence-corrected chi connectivity index (χ0v) is 15.2. The average Bonchev–Trinajstić information content (AvgIpc) is 2.62. The Kier molecular flexibility index (Phi) is 6.20. The van der Waals surface area contributed by atoms with Gasteiger partial charge in [0.2, 0.25) is 0 Å². The third-order valence-electron chi connectivity index (χ3n) is 4.20. The van der Waals surface area contributed by atoms with Crippen molar-refractivity contribution >= 4 is 5.91 Å². The van der Waals surface area contributed by atoms with Crippen molar-refractivity contribution in [1.82, 2.24) is 15.2 Å². The van der Waals surface area contributed by atoms with E-state index in [-0.39, 0.29) is 18.1 Å². The predicted molar refractivity (Wildman–Crippen MR) is 99.5 cm³/mol. The lowest BCUT2D eigenvalue weighted by molar-refractivity contribution is -0.0672. The van der Waals surface area contributed by atoms with Crippen LogP contribution in [-0.4, -0.2) is 54.2 Å². The maximum Gasteiger partial charge on any atom is 0.251 e. The molecule has 1 aromatic carbocycles. The first-order valence-electron chi connectivity index (χ1n) is 8.94. The van der Waals surface area contributed by atoms with Gasteiger partial charge in [0.1, 0.15) is 11.5 Å². The van der Waals surface area contributed by atoms with Crippen molar-refractivity contribution in [3.05, 3.63) is 54.4 Å². The lowest BCUT2D eigenvalue weighted by Crippen LogP contribution is -2.47. The number of amides is 1. The molecular weight excluding hydrogens is 330 g/mol. The summed E-state index contributed by atoms with van der Waals surface area (Å²) in [7, 11) is 0. The van der Waals surface area contributed by atoms with Crippen LogP contribution < -0.4 is 10.1 Å². The van der Waals surface area contributed by atoms with Crippen LogP contribution in [0.1, 0.15) is 24.2 Å². The van der Waals surface area contributed by atoms with Gasteiger partial charge < -0.3 is 14.8 Å². The summed E-state index contributed by atoms with van der Waals surface area (Å²) in [6.07, 6.45) is 3.82. The van der Waals surface area contributed by atoms with Gasteiger partial charge in [-0.15, -0.1) is 0 Å². The van der Waals surface area contributed by atoms with E-state index < -0.39 is 0 Å². The predicted octanol–water partition coefficient (Wildman–Crippen LogP) is 2.71. The van der Waals surface area contributed by atoms with Crippen molar-refractivity contribution in [3.63, 3.8) is 0 Å². The van der Waals surface area contributed by atoms with Gasteiger partial charge in [-0.25, -0.2) is 0 Å². The SMILES string of the molecule is CC1CN(CCNC(=O)c2ccc(Oc3cccnc3)cc2)CC(C)O1. The standard InChI is InChI=1S/C20H25N3O3/c1-15-13-23(14-16(2)25-15)11-10-22-20(24)17-5-7-18(8-6-17)26-19-4-3-9-21-12-19/h3-9,12,15-16H,10-11,13-14H2,1-2H3,(H,22,24). The smallest absolute Gasteiger partial charge is 0.251 e. The molecule has 1 saturated heterocycles. The van der Waals surface area contributed by atoms with Crippen molar-refractivity contribution in [1.29, 1.82) is 0 Å². The van der Waals surface area contributed by atoms with E-state index in [2.05, 4.69) is 29.0 Å². The summed E-state index contributed by atoms with van der Waals surface area (Å²) < 4.78 is 11.4. The van der Waals surface area contributed by atoms with Crippen LogP contribution in [0.15, 0.2) is 48.8 Å². The van der Waals surface area contributed by atoms with Gasteiger partial charge in [-0.1, -0.05) is 0 Å². The van der Waals surface area contributed by atoms with E-state index in [0.29, 0.717) is 23.6 Å². The Labute approximate surface area is 154 Å². The van der Waals surface area contributed by atoms with Gasteiger partial charge in [-0.2, -0.15) is 0 Å². The lowest BCUT2D eigenvalue weighted by Gasteiger charge is -2.35. The Morgan fingerprint density at radius 1 is 1.19 bits per heavy atom. The van der Waals surface area contributed by atoms with Crippen LogP contribution in [-0.2, 0) is 4.74 Å². The van der Waals surface area contributed by atoms with Crippen molar-refractivity contribution in [3.8, 4) is 11.5 Å². The summed E-state index contributed by atoms with van der Waals surface area (Å²) in [6, 6.07) is 10.7. The molecule has 1 amide bonds. The number of pyridine rings is 1. The first-order valence-corrected chi connectivity index (χ1v) is 8.94. The number of nitrogens with one attached hydrogen (secondary N) is 1. The Morgan fingerprint density at radius 3 is 2.58 bits per heavy atom. The molecule has 3 rings (SSSR count). The quantitative estimate of drug-likeness (QED) is 0.863.